The number of benzene rings is 1. The lowest BCUT2D eigenvalue weighted by Gasteiger charge is -2.21. The quantitative estimate of drug-likeness (QED) is 0.702. The van der Waals surface area contributed by atoms with Gasteiger partial charge in [-0.25, -0.2) is 0 Å². The van der Waals surface area contributed by atoms with Gasteiger partial charge in [0.1, 0.15) is 0 Å². The van der Waals surface area contributed by atoms with E-state index in [9.17, 15) is 9.90 Å². The Morgan fingerprint density at radius 3 is 2.93 bits per heavy atom. The molecule has 1 aromatic carbocycles. The summed E-state index contributed by atoms with van der Waals surface area (Å²) in [5, 5.41) is 9.90. The van der Waals surface area contributed by atoms with E-state index in [4.69, 9.17) is 0 Å². The Hall–Kier alpha value is -1.35. The van der Waals surface area contributed by atoms with Crippen molar-refractivity contribution in [3.05, 3.63) is 29.8 Å². The Kier molecular flexibility index (Phi) is 2.73. The molecule has 1 atom stereocenters. The molecule has 0 aliphatic carbocycles. The average molecular weight is 205 g/mol. The fourth-order valence-electron chi connectivity index (χ4n) is 2.06. The minimum atomic E-state index is -0.439. The Labute approximate surface area is 89.3 Å². The van der Waals surface area contributed by atoms with Crippen LogP contribution in [0.5, 0.6) is 0 Å². The summed E-state index contributed by atoms with van der Waals surface area (Å²) in [7, 11) is 0. The predicted octanol–water partition coefficient (Wildman–Crippen LogP) is 1.87. The second kappa shape index (κ2) is 4.03. The normalized spacial score (nSPS) is 20.7. The molecule has 0 saturated carbocycles. The zero-order chi connectivity index (χ0) is 10.8. The molecule has 1 aromatic rings. The molecule has 3 nitrogen and oxygen atoms in total. The number of carbonyl (C=O) groups excluding carboxylic acids is 1. The van der Waals surface area contributed by atoms with Gasteiger partial charge < -0.3 is 10.0 Å². The predicted molar refractivity (Wildman–Crippen MR) is 58.7 cm³/mol. The highest BCUT2D eigenvalue weighted by Crippen LogP contribution is 2.32. The van der Waals surface area contributed by atoms with Crippen molar-refractivity contribution in [1.82, 2.24) is 0 Å². The third kappa shape index (κ3) is 1.88. The molecule has 0 radical (unpaired) electrons. The van der Waals surface area contributed by atoms with Gasteiger partial charge in [-0.05, 0) is 18.9 Å². The van der Waals surface area contributed by atoms with Gasteiger partial charge in [0, 0.05) is 24.7 Å². The summed E-state index contributed by atoms with van der Waals surface area (Å²) in [4.78, 5) is 13.2. The van der Waals surface area contributed by atoms with E-state index in [0.717, 1.165) is 24.1 Å². The Morgan fingerprint density at radius 2 is 2.20 bits per heavy atom. The third-order valence-electron chi connectivity index (χ3n) is 2.83. The Bertz CT molecular complexity index is 376. The number of aliphatic hydroxyl groups excluding tert-OH is 1. The van der Waals surface area contributed by atoms with Gasteiger partial charge in [0.15, 0.2) is 0 Å². The largest absolute Gasteiger partial charge is 0.388 e. The summed E-state index contributed by atoms with van der Waals surface area (Å²) in [5.41, 5.74) is 1.72. The average Bonchev–Trinajstić information content (AvgIpc) is 2.39. The molecule has 1 N–H and O–H groups in total. The molecule has 2 rings (SSSR count). The summed E-state index contributed by atoms with van der Waals surface area (Å²) >= 11 is 0. The zero-order valence-corrected chi connectivity index (χ0v) is 8.81. The summed E-state index contributed by atoms with van der Waals surface area (Å²) < 4.78 is 0. The maximum absolute atomic E-state index is 11.5. The lowest BCUT2D eigenvalue weighted by molar-refractivity contribution is -0.116. The molecule has 80 valence electrons. The van der Waals surface area contributed by atoms with E-state index in [1.54, 1.807) is 11.8 Å². The number of hydrogen-bond donors (Lipinski definition) is 1. The van der Waals surface area contributed by atoms with Crippen molar-refractivity contribution >= 4 is 11.6 Å². The van der Waals surface area contributed by atoms with Crippen LogP contribution in [0.4, 0.5) is 5.69 Å². The number of aliphatic hydroxyl groups is 1. The number of carbonyl (C=O) groups is 1. The Balaban J connectivity index is 2.47. The maximum atomic E-state index is 11.5. The first-order chi connectivity index (χ1) is 7.20. The lowest BCUT2D eigenvalue weighted by Crippen LogP contribution is -2.29. The van der Waals surface area contributed by atoms with Crippen molar-refractivity contribution in [2.45, 2.75) is 25.9 Å². The standard InChI is InChI=1S/C12H15NO2/c1-9(14)13-8-4-7-12(15)10-5-2-3-6-11(10)13/h2-3,5-6,12,15H,4,7-8H2,1H3. The van der Waals surface area contributed by atoms with Gasteiger partial charge >= 0.3 is 0 Å². The minimum absolute atomic E-state index is 0.0385. The van der Waals surface area contributed by atoms with Gasteiger partial charge in [-0.15, -0.1) is 0 Å². The number of anilines is 1. The molecule has 1 amide bonds. The summed E-state index contributed by atoms with van der Waals surface area (Å²) in [5.74, 6) is 0.0385. The van der Waals surface area contributed by atoms with Gasteiger partial charge in [-0.3, -0.25) is 4.79 Å². The van der Waals surface area contributed by atoms with E-state index in [1.165, 1.54) is 0 Å². The van der Waals surface area contributed by atoms with Crippen LogP contribution in [-0.4, -0.2) is 17.6 Å². The molecular formula is C12H15NO2. The van der Waals surface area contributed by atoms with Crippen LogP contribution < -0.4 is 4.90 Å². The van der Waals surface area contributed by atoms with Crippen LogP contribution in [0.25, 0.3) is 0 Å². The molecule has 1 heterocycles. The van der Waals surface area contributed by atoms with Crippen molar-refractivity contribution in [2.24, 2.45) is 0 Å². The molecule has 0 aromatic heterocycles. The van der Waals surface area contributed by atoms with E-state index in [-0.39, 0.29) is 5.91 Å². The van der Waals surface area contributed by atoms with Gasteiger partial charge in [-0.1, -0.05) is 18.2 Å². The van der Waals surface area contributed by atoms with Gasteiger partial charge in [-0.2, -0.15) is 0 Å². The monoisotopic (exact) mass is 205 g/mol. The van der Waals surface area contributed by atoms with E-state index >= 15 is 0 Å². The van der Waals surface area contributed by atoms with Crippen LogP contribution >= 0.6 is 0 Å². The van der Waals surface area contributed by atoms with Crippen LogP contribution in [0.15, 0.2) is 24.3 Å². The van der Waals surface area contributed by atoms with Crippen LogP contribution in [0.3, 0.4) is 0 Å². The third-order valence-corrected chi connectivity index (χ3v) is 2.83. The van der Waals surface area contributed by atoms with E-state index in [0.29, 0.717) is 6.54 Å². The fraction of sp³-hybridized carbons (Fsp3) is 0.417. The number of para-hydroxylation sites is 1. The first kappa shape index (κ1) is 10.2. The molecule has 1 aliphatic heterocycles. The van der Waals surface area contributed by atoms with Crippen molar-refractivity contribution in [3.63, 3.8) is 0 Å². The summed E-state index contributed by atoms with van der Waals surface area (Å²) in [6, 6.07) is 7.57. The molecule has 0 spiro atoms. The first-order valence-electron chi connectivity index (χ1n) is 5.25. The highest BCUT2D eigenvalue weighted by molar-refractivity contribution is 5.92. The summed E-state index contributed by atoms with van der Waals surface area (Å²) in [6.45, 7) is 2.26. The molecule has 1 unspecified atom stereocenters. The molecule has 0 saturated heterocycles. The van der Waals surface area contributed by atoms with Crippen LogP contribution in [-0.2, 0) is 4.79 Å². The van der Waals surface area contributed by atoms with E-state index in [2.05, 4.69) is 0 Å². The van der Waals surface area contributed by atoms with Crippen LogP contribution in [0, 0.1) is 0 Å². The van der Waals surface area contributed by atoms with Crippen molar-refractivity contribution in [1.29, 1.82) is 0 Å². The zero-order valence-electron chi connectivity index (χ0n) is 8.81. The lowest BCUT2D eigenvalue weighted by atomic mass is 10.0. The van der Waals surface area contributed by atoms with Gasteiger partial charge in [0.05, 0.1) is 6.10 Å². The fourth-order valence-corrected chi connectivity index (χ4v) is 2.06. The van der Waals surface area contributed by atoms with E-state index < -0.39 is 6.10 Å². The smallest absolute Gasteiger partial charge is 0.223 e. The van der Waals surface area contributed by atoms with Gasteiger partial charge in [0.2, 0.25) is 5.91 Å². The number of fused-ring (bicyclic) bond motifs is 1. The number of amides is 1. The number of hydrogen-bond acceptors (Lipinski definition) is 2. The van der Waals surface area contributed by atoms with Gasteiger partial charge in [0.25, 0.3) is 0 Å². The van der Waals surface area contributed by atoms with Crippen molar-refractivity contribution in [3.8, 4) is 0 Å². The number of rotatable bonds is 0. The maximum Gasteiger partial charge on any atom is 0.223 e. The van der Waals surface area contributed by atoms with Crippen molar-refractivity contribution < 1.29 is 9.90 Å². The molecule has 0 fully saturated rings. The molecule has 3 heteroatoms. The molecular weight excluding hydrogens is 190 g/mol. The van der Waals surface area contributed by atoms with E-state index in [1.807, 2.05) is 24.3 Å². The SMILES string of the molecule is CC(=O)N1CCCC(O)c2ccccc21. The molecule has 15 heavy (non-hydrogen) atoms. The van der Waals surface area contributed by atoms with Crippen LogP contribution in [0.2, 0.25) is 0 Å². The van der Waals surface area contributed by atoms with Crippen LogP contribution in [0.1, 0.15) is 31.4 Å². The molecule has 0 bridgehead atoms. The second-order valence-corrected chi connectivity index (χ2v) is 3.89. The summed E-state index contributed by atoms with van der Waals surface area (Å²) in [6.07, 6.45) is 1.13. The Morgan fingerprint density at radius 1 is 1.47 bits per heavy atom. The minimum Gasteiger partial charge on any atom is -0.388 e. The highest BCUT2D eigenvalue weighted by atomic mass is 16.3. The second-order valence-electron chi connectivity index (χ2n) is 3.89. The highest BCUT2D eigenvalue weighted by Gasteiger charge is 2.22. The molecule has 1 aliphatic rings. The van der Waals surface area contributed by atoms with Crippen molar-refractivity contribution in [2.75, 3.05) is 11.4 Å². The first-order valence-corrected chi connectivity index (χ1v) is 5.25. The topological polar surface area (TPSA) is 40.5 Å². The number of nitrogens with zero attached hydrogens (tertiary/aromatic N) is 1.